The van der Waals surface area contributed by atoms with Crippen molar-refractivity contribution in [1.29, 1.82) is 0 Å². The number of nitrogens with one attached hydrogen (secondary N) is 1. The van der Waals surface area contributed by atoms with Crippen LogP contribution >= 0.6 is 11.6 Å². The molecule has 2 heterocycles. The van der Waals surface area contributed by atoms with Crippen LogP contribution in [0.3, 0.4) is 0 Å². The van der Waals surface area contributed by atoms with E-state index in [0.717, 1.165) is 0 Å². The van der Waals surface area contributed by atoms with E-state index in [1.54, 1.807) is 6.07 Å². The predicted molar refractivity (Wildman–Crippen MR) is 81.5 cm³/mol. The molecule has 3 aromatic rings. The van der Waals surface area contributed by atoms with Crippen LogP contribution in [0, 0.1) is 5.82 Å². The van der Waals surface area contributed by atoms with Crippen molar-refractivity contribution >= 4 is 34.2 Å². The molecule has 23 heavy (non-hydrogen) atoms. The van der Waals surface area contributed by atoms with Gasteiger partial charge >= 0.3 is 0 Å². The third-order valence-corrected chi connectivity index (χ3v) is 3.50. The highest BCUT2D eigenvalue weighted by molar-refractivity contribution is 6.16. The number of fused-ring (bicyclic) bond motifs is 1. The van der Waals surface area contributed by atoms with E-state index in [4.69, 9.17) is 26.2 Å². The maximum Gasteiger partial charge on any atom is 0.286 e. The van der Waals surface area contributed by atoms with Gasteiger partial charge in [0.05, 0.1) is 11.6 Å². The predicted octanol–water partition coefficient (Wildman–Crippen LogP) is 3.11. The van der Waals surface area contributed by atoms with Gasteiger partial charge in [0.25, 0.3) is 5.91 Å². The van der Waals surface area contributed by atoms with Crippen LogP contribution < -0.4 is 11.1 Å². The van der Waals surface area contributed by atoms with Crippen molar-refractivity contribution in [2.45, 2.75) is 12.1 Å². The number of aliphatic hydroxyl groups is 1. The number of aliphatic hydroxyl groups excluding tert-OH is 1. The molecule has 0 saturated carbocycles. The standard InChI is InChI=1S/C15H12ClFN2O4/c16-6-8-2-4-11(22-8)15(21)19-12-9-5-7(17)1-3-10(9)23-13(12)14(18)20/h1-5,15,19,21H,6H2,(H2,18,20). The van der Waals surface area contributed by atoms with Crippen LogP contribution in [0.2, 0.25) is 0 Å². The Bertz CT molecular complexity index is 874. The molecule has 0 bridgehead atoms. The largest absolute Gasteiger partial charge is 0.460 e. The molecule has 120 valence electrons. The summed E-state index contributed by atoms with van der Waals surface area (Å²) in [5.41, 5.74) is 5.61. The van der Waals surface area contributed by atoms with Gasteiger partial charge in [-0.15, -0.1) is 11.6 Å². The number of furan rings is 2. The van der Waals surface area contributed by atoms with Crippen molar-refractivity contribution in [2.75, 3.05) is 5.32 Å². The molecule has 6 nitrogen and oxygen atoms in total. The number of primary amides is 1. The summed E-state index contributed by atoms with van der Waals surface area (Å²) in [5.74, 6) is -0.776. The van der Waals surface area contributed by atoms with Gasteiger partial charge in [0.2, 0.25) is 5.76 Å². The Kier molecular flexibility index (Phi) is 3.97. The van der Waals surface area contributed by atoms with Gasteiger partial charge in [0, 0.05) is 5.39 Å². The molecular weight excluding hydrogens is 327 g/mol. The molecule has 2 aromatic heterocycles. The number of hydrogen-bond donors (Lipinski definition) is 3. The second-order valence-electron chi connectivity index (χ2n) is 4.80. The summed E-state index contributed by atoms with van der Waals surface area (Å²) in [6.45, 7) is 0. The first kappa shape index (κ1) is 15.4. The van der Waals surface area contributed by atoms with Crippen molar-refractivity contribution in [3.63, 3.8) is 0 Å². The lowest BCUT2D eigenvalue weighted by Crippen LogP contribution is -2.15. The molecule has 0 saturated heterocycles. The fraction of sp³-hybridized carbons (Fsp3) is 0.133. The zero-order valence-corrected chi connectivity index (χ0v) is 12.4. The number of benzene rings is 1. The van der Waals surface area contributed by atoms with Crippen LogP contribution in [0.5, 0.6) is 0 Å². The number of carbonyl (C=O) groups is 1. The summed E-state index contributed by atoms with van der Waals surface area (Å²) in [5, 5.41) is 13.1. The second kappa shape index (κ2) is 5.94. The Balaban J connectivity index is 2.02. The van der Waals surface area contributed by atoms with Crippen LogP contribution in [-0.2, 0) is 5.88 Å². The number of carbonyl (C=O) groups excluding carboxylic acids is 1. The molecule has 0 spiro atoms. The molecule has 0 radical (unpaired) electrons. The van der Waals surface area contributed by atoms with Gasteiger partial charge in [0.1, 0.15) is 17.2 Å². The second-order valence-corrected chi connectivity index (χ2v) is 5.06. The molecule has 0 aliphatic heterocycles. The molecule has 4 N–H and O–H groups in total. The number of amides is 1. The van der Waals surface area contributed by atoms with Gasteiger partial charge in [-0.2, -0.15) is 0 Å². The van der Waals surface area contributed by atoms with E-state index < -0.39 is 18.0 Å². The van der Waals surface area contributed by atoms with E-state index in [2.05, 4.69) is 5.32 Å². The molecule has 1 amide bonds. The topological polar surface area (TPSA) is 102 Å². The number of alkyl halides is 1. The summed E-state index contributed by atoms with van der Waals surface area (Å²) in [4.78, 5) is 11.5. The summed E-state index contributed by atoms with van der Waals surface area (Å²) < 4.78 is 24.1. The smallest absolute Gasteiger partial charge is 0.286 e. The summed E-state index contributed by atoms with van der Waals surface area (Å²) in [7, 11) is 0. The molecule has 0 fully saturated rings. The number of anilines is 1. The van der Waals surface area contributed by atoms with Crippen molar-refractivity contribution < 1.29 is 23.1 Å². The Morgan fingerprint density at radius 1 is 1.35 bits per heavy atom. The highest BCUT2D eigenvalue weighted by atomic mass is 35.5. The van der Waals surface area contributed by atoms with Crippen LogP contribution in [0.15, 0.2) is 39.2 Å². The van der Waals surface area contributed by atoms with Gasteiger partial charge in [-0.3, -0.25) is 4.79 Å². The Morgan fingerprint density at radius 3 is 2.78 bits per heavy atom. The summed E-state index contributed by atoms with van der Waals surface area (Å²) in [6.07, 6.45) is -1.30. The molecule has 1 unspecified atom stereocenters. The Hall–Kier alpha value is -2.51. The highest BCUT2D eigenvalue weighted by Crippen LogP contribution is 2.33. The minimum atomic E-state index is -1.30. The highest BCUT2D eigenvalue weighted by Gasteiger charge is 2.22. The fourth-order valence-corrected chi connectivity index (χ4v) is 2.35. The Morgan fingerprint density at radius 2 is 2.13 bits per heavy atom. The van der Waals surface area contributed by atoms with Crippen LogP contribution in [0.4, 0.5) is 10.1 Å². The van der Waals surface area contributed by atoms with E-state index in [1.165, 1.54) is 24.3 Å². The lowest BCUT2D eigenvalue weighted by Gasteiger charge is -2.11. The molecule has 1 atom stereocenters. The number of nitrogens with two attached hydrogens (primary N) is 1. The van der Waals surface area contributed by atoms with E-state index in [9.17, 15) is 14.3 Å². The molecule has 3 rings (SSSR count). The van der Waals surface area contributed by atoms with Crippen molar-refractivity contribution in [3.8, 4) is 0 Å². The molecule has 8 heteroatoms. The SMILES string of the molecule is NC(=O)c1oc2ccc(F)cc2c1NC(O)c1ccc(CCl)o1. The average Bonchev–Trinajstić information content (AvgIpc) is 3.12. The summed E-state index contributed by atoms with van der Waals surface area (Å²) >= 11 is 5.64. The number of halogens is 2. The number of rotatable bonds is 5. The lowest BCUT2D eigenvalue weighted by molar-refractivity contribution is 0.0976. The molecular formula is C15H12ClFN2O4. The van der Waals surface area contributed by atoms with Gasteiger partial charge in [-0.1, -0.05) is 0 Å². The molecule has 0 aliphatic carbocycles. The summed E-state index contributed by atoms with van der Waals surface area (Å²) in [6, 6.07) is 6.87. The quantitative estimate of drug-likeness (QED) is 0.490. The maximum absolute atomic E-state index is 13.5. The van der Waals surface area contributed by atoms with Crippen LogP contribution in [0.25, 0.3) is 11.0 Å². The maximum atomic E-state index is 13.5. The van der Waals surface area contributed by atoms with E-state index in [0.29, 0.717) is 5.76 Å². The average molecular weight is 339 g/mol. The number of hydrogen-bond acceptors (Lipinski definition) is 5. The first-order chi connectivity index (χ1) is 11.0. The Labute approximate surface area is 134 Å². The first-order valence-electron chi connectivity index (χ1n) is 6.60. The van der Waals surface area contributed by atoms with Crippen molar-refractivity contribution in [1.82, 2.24) is 0 Å². The van der Waals surface area contributed by atoms with Crippen LogP contribution in [-0.4, -0.2) is 11.0 Å². The van der Waals surface area contributed by atoms with Gasteiger partial charge in [-0.25, -0.2) is 4.39 Å². The molecule has 1 aromatic carbocycles. The first-order valence-corrected chi connectivity index (χ1v) is 7.14. The van der Waals surface area contributed by atoms with Gasteiger partial charge in [0.15, 0.2) is 12.0 Å². The van der Waals surface area contributed by atoms with Gasteiger partial charge in [-0.05, 0) is 30.3 Å². The van der Waals surface area contributed by atoms with E-state index >= 15 is 0 Å². The third-order valence-electron chi connectivity index (χ3n) is 3.24. The van der Waals surface area contributed by atoms with Crippen LogP contribution in [0.1, 0.15) is 28.3 Å². The lowest BCUT2D eigenvalue weighted by atomic mass is 10.2. The third kappa shape index (κ3) is 2.88. The minimum absolute atomic E-state index is 0.0864. The van der Waals surface area contributed by atoms with Gasteiger partial charge < -0.3 is 25.0 Å². The minimum Gasteiger partial charge on any atom is -0.460 e. The molecule has 0 aliphatic rings. The zero-order chi connectivity index (χ0) is 16.6. The van der Waals surface area contributed by atoms with Crippen molar-refractivity contribution in [3.05, 3.63) is 53.4 Å². The zero-order valence-electron chi connectivity index (χ0n) is 11.7. The van der Waals surface area contributed by atoms with E-state index in [-0.39, 0.29) is 34.1 Å². The normalized spacial score (nSPS) is 12.5. The monoisotopic (exact) mass is 338 g/mol. The van der Waals surface area contributed by atoms with E-state index in [1.807, 2.05) is 0 Å². The van der Waals surface area contributed by atoms with Crippen molar-refractivity contribution in [2.24, 2.45) is 5.73 Å². The fourth-order valence-electron chi connectivity index (χ4n) is 2.21.